The van der Waals surface area contributed by atoms with E-state index in [9.17, 15) is 4.79 Å². The van der Waals surface area contributed by atoms with Crippen LogP contribution in [0, 0.1) is 13.8 Å². The van der Waals surface area contributed by atoms with Crippen molar-refractivity contribution in [1.29, 1.82) is 0 Å². The van der Waals surface area contributed by atoms with Crippen LogP contribution < -0.4 is 10.4 Å². The predicted molar refractivity (Wildman–Crippen MR) is 52.9 cm³/mol. The van der Waals surface area contributed by atoms with Crippen molar-refractivity contribution in [1.82, 2.24) is 0 Å². The minimum absolute atomic E-state index is 0.0516. The summed E-state index contributed by atoms with van der Waals surface area (Å²) in [5.41, 5.74) is 0.490. The van der Waals surface area contributed by atoms with Gasteiger partial charge in [-0.3, -0.25) is 0 Å². The molecule has 0 saturated carbocycles. The Morgan fingerprint density at radius 1 is 1.33 bits per heavy atom. The molecular weight excluding hydrogens is 200 g/mol. The molecule has 1 heterocycles. The largest absolute Gasteiger partial charge is 0.467 e. The zero-order valence-electron chi connectivity index (χ0n) is 8.99. The maximum absolute atomic E-state index is 11.3. The Kier molecular flexibility index (Phi) is 3.88. The van der Waals surface area contributed by atoms with Crippen LogP contribution in [0.25, 0.3) is 0 Å². The molecular formula is C10H14O5. The molecule has 1 aromatic heterocycles. The lowest BCUT2D eigenvalue weighted by Crippen LogP contribution is -2.12. The first-order valence-corrected chi connectivity index (χ1v) is 4.47. The second kappa shape index (κ2) is 4.95. The van der Waals surface area contributed by atoms with Gasteiger partial charge >= 0.3 is 5.63 Å². The van der Waals surface area contributed by atoms with Crippen LogP contribution in [-0.4, -0.2) is 19.0 Å². The lowest BCUT2D eigenvalue weighted by atomic mass is 10.1. The third-order valence-corrected chi connectivity index (χ3v) is 2.09. The van der Waals surface area contributed by atoms with Crippen molar-refractivity contribution in [2.24, 2.45) is 0 Å². The highest BCUT2D eigenvalue weighted by Crippen LogP contribution is 2.23. The Morgan fingerprint density at radius 3 is 2.53 bits per heavy atom. The number of aliphatic hydroxyl groups excluding tert-OH is 1. The lowest BCUT2D eigenvalue weighted by Gasteiger charge is -2.11. The topological polar surface area (TPSA) is 68.9 Å². The van der Waals surface area contributed by atoms with Gasteiger partial charge in [0.25, 0.3) is 0 Å². The van der Waals surface area contributed by atoms with Crippen LogP contribution in [0.1, 0.15) is 16.9 Å². The first-order chi connectivity index (χ1) is 7.11. The SMILES string of the molecule is COCOc1c(C)c(CO)oc(=O)c1C. The van der Waals surface area contributed by atoms with Gasteiger partial charge in [0.1, 0.15) is 18.1 Å². The van der Waals surface area contributed by atoms with E-state index >= 15 is 0 Å². The Morgan fingerprint density at radius 2 is 2.00 bits per heavy atom. The van der Waals surface area contributed by atoms with E-state index in [1.807, 2.05) is 0 Å². The molecule has 0 aromatic carbocycles. The molecule has 0 radical (unpaired) electrons. The van der Waals surface area contributed by atoms with Crippen LogP contribution in [0.15, 0.2) is 9.21 Å². The maximum atomic E-state index is 11.3. The third-order valence-electron chi connectivity index (χ3n) is 2.09. The fraction of sp³-hybridized carbons (Fsp3) is 0.500. The number of aliphatic hydroxyl groups is 1. The van der Waals surface area contributed by atoms with Crippen molar-refractivity contribution in [3.63, 3.8) is 0 Å². The fourth-order valence-electron chi connectivity index (χ4n) is 1.25. The molecule has 0 saturated heterocycles. The van der Waals surface area contributed by atoms with Crippen LogP contribution in [0.5, 0.6) is 5.75 Å². The van der Waals surface area contributed by atoms with Crippen LogP contribution in [-0.2, 0) is 11.3 Å². The molecule has 15 heavy (non-hydrogen) atoms. The highest BCUT2D eigenvalue weighted by molar-refractivity contribution is 5.39. The van der Waals surface area contributed by atoms with Crippen molar-refractivity contribution >= 4 is 0 Å². The van der Waals surface area contributed by atoms with Crippen molar-refractivity contribution in [2.75, 3.05) is 13.9 Å². The standard InChI is InChI=1S/C10H14O5/c1-6-8(4-11)15-10(12)7(2)9(6)14-5-13-3/h11H,4-5H2,1-3H3. The van der Waals surface area contributed by atoms with Gasteiger partial charge in [0.2, 0.25) is 0 Å². The Labute approximate surface area is 87.2 Å². The van der Waals surface area contributed by atoms with Crippen molar-refractivity contribution in [3.8, 4) is 5.75 Å². The average molecular weight is 214 g/mol. The summed E-state index contributed by atoms with van der Waals surface area (Å²) in [6.07, 6.45) is 0. The van der Waals surface area contributed by atoms with Gasteiger partial charge < -0.3 is 19.0 Å². The van der Waals surface area contributed by atoms with Crippen molar-refractivity contribution in [3.05, 3.63) is 27.3 Å². The number of methoxy groups -OCH3 is 1. The number of rotatable bonds is 4. The summed E-state index contributed by atoms with van der Waals surface area (Å²) in [6, 6.07) is 0. The van der Waals surface area contributed by atoms with E-state index in [1.165, 1.54) is 7.11 Å². The van der Waals surface area contributed by atoms with E-state index in [4.69, 9.17) is 19.0 Å². The smallest absolute Gasteiger partial charge is 0.342 e. The molecule has 0 bridgehead atoms. The zero-order valence-corrected chi connectivity index (χ0v) is 8.99. The van der Waals surface area contributed by atoms with Crippen LogP contribution in [0.4, 0.5) is 0 Å². The molecule has 1 N–H and O–H groups in total. The first-order valence-electron chi connectivity index (χ1n) is 4.47. The second-order valence-electron chi connectivity index (χ2n) is 3.10. The summed E-state index contributed by atoms with van der Waals surface area (Å²) in [5.74, 6) is 0.633. The molecule has 0 aliphatic heterocycles. The predicted octanol–water partition coefficient (Wildman–Crippen LogP) is 0.732. The summed E-state index contributed by atoms with van der Waals surface area (Å²) in [7, 11) is 1.49. The highest BCUT2D eigenvalue weighted by atomic mass is 16.7. The Balaban J connectivity index is 3.21. The van der Waals surface area contributed by atoms with E-state index in [2.05, 4.69) is 0 Å². The average Bonchev–Trinajstić information content (AvgIpc) is 2.23. The van der Waals surface area contributed by atoms with E-state index < -0.39 is 5.63 Å². The molecule has 0 spiro atoms. The minimum Gasteiger partial charge on any atom is -0.467 e. The van der Waals surface area contributed by atoms with Gasteiger partial charge in [-0.25, -0.2) is 4.79 Å². The third kappa shape index (κ3) is 2.37. The molecule has 0 atom stereocenters. The zero-order chi connectivity index (χ0) is 11.4. The quantitative estimate of drug-likeness (QED) is 0.748. The number of hydrogen-bond donors (Lipinski definition) is 1. The molecule has 84 valence electrons. The summed E-state index contributed by atoms with van der Waals surface area (Å²) >= 11 is 0. The normalized spacial score (nSPS) is 10.4. The molecule has 0 unspecified atom stereocenters. The Bertz CT molecular complexity index is 394. The number of hydrogen-bond acceptors (Lipinski definition) is 5. The van der Waals surface area contributed by atoms with Gasteiger partial charge in [-0.1, -0.05) is 0 Å². The molecule has 5 heteroatoms. The maximum Gasteiger partial charge on any atom is 0.342 e. The van der Waals surface area contributed by atoms with E-state index in [0.717, 1.165) is 0 Å². The molecule has 0 fully saturated rings. The van der Waals surface area contributed by atoms with E-state index in [0.29, 0.717) is 16.9 Å². The van der Waals surface area contributed by atoms with Crippen molar-refractivity contribution < 1.29 is 19.0 Å². The summed E-state index contributed by atoms with van der Waals surface area (Å²) in [5, 5.41) is 8.96. The summed E-state index contributed by atoms with van der Waals surface area (Å²) in [6.45, 7) is 3.04. The molecule has 0 amide bonds. The fourth-order valence-corrected chi connectivity index (χ4v) is 1.25. The van der Waals surface area contributed by atoms with Gasteiger partial charge in [-0.15, -0.1) is 0 Å². The molecule has 1 aromatic rings. The van der Waals surface area contributed by atoms with Crippen LogP contribution >= 0.6 is 0 Å². The number of ether oxygens (including phenoxy) is 2. The van der Waals surface area contributed by atoms with Gasteiger partial charge in [0.05, 0.1) is 5.56 Å². The van der Waals surface area contributed by atoms with Crippen LogP contribution in [0.2, 0.25) is 0 Å². The van der Waals surface area contributed by atoms with Gasteiger partial charge in [-0.2, -0.15) is 0 Å². The minimum atomic E-state index is -0.504. The summed E-state index contributed by atoms with van der Waals surface area (Å²) < 4.78 is 14.9. The molecule has 0 aliphatic rings. The monoisotopic (exact) mass is 214 g/mol. The lowest BCUT2D eigenvalue weighted by molar-refractivity contribution is 0.0491. The molecule has 5 nitrogen and oxygen atoms in total. The van der Waals surface area contributed by atoms with Crippen LogP contribution in [0.3, 0.4) is 0 Å². The summed E-state index contributed by atoms with van der Waals surface area (Å²) in [4.78, 5) is 11.3. The van der Waals surface area contributed by atoms with E-state index in [-0.39, 0.29) is 19.2 Å². The highest BCUT2D eigenvalue weighted by Gasteiger charge is 2.14. The van der Waals surface area contributed by atoms with E-state index in [1.54, 1.807) is 13.8 Å². The molecule has 0 aliphatic carbocycles. The second-order valence-corrected chi connectivity index (χ2v) is 3.10. The van der Waals surface area contributed by atoms with Gasteiger partial charge in [0.15, 0.2) is 6.79 Å². The molecule has 1 rings (SSSR count). The first kappa shape index (κ1) is 11.7. The Hall–Kier alpha value is -1.33. The van der Waals surface area contributed by atoms with Gasteiger partial charge in [0, 0.05) is 12.7 Å². The van der Waals surface area contributed by atoms with Crippen molar-refractivity contribution in [2.45, 2.75) is 20.5 Å². The van der Waals surface area contributed by atoms with Gasteiger partial charge in [-0.05, 0) is 13.8 Å².